The van der Waals surface area contributed by atoms with Gasteiger partial charge in [-0.3, -0.25) is 9.69 Å². The highest BCUT2D eigenvalue weighted by Gasteiger charge is 2.38. The van der Waals surface area contributed by atoms with Crippen molar-refractivity contribution in [1.82, 2.24) is 10.2 Å². The molecule has 1 amide bonds. The van der Waals surface area contributed by atoms with E-state index in [0.717, 1.165) is 25.2 Å². The van der Waals surface area contributed by atoms with E-state index in [1.165, 1.54) is 11.6 Å². The molecular formula is C19H19FN2O. The monoisotopic (exact) mass is 310 g/mol. The fourth-order valence-electron chi connectivity index (χ4n) is 3.89. The quantitative estimate of drug-likeness (QED) is 0.925. The average Bonchev–Trinajstić information content (AvgIpc) is 2.90. The van der Waals surface area contributed by atoms with Crippen molar-refractivity contribution in [2.75, 3.05) is 19.6 Å². The van der Waals surface area contributed by atoms with Gasteiger partial charge in [-0.15, -0.1) is 0 Å². The smallest absolute Gasteiger partial charge is 0.254 e. The molecule has 2 aromatic rings. The minimum Gasteiger partial charge on any atom is -0.352 e. The van der Waals surface area contributed by atoms with Gasteiger partial charge in [-0.1, -0.05) is 42.5 Å². The Kier molecular flexibility index (Phi) is 3.62. The minimum atomic E-state index is -0.415. The molecule has 0 aromatic heterocycles. The Morgan fingerprint density at radius 3 is 2.74 bits per heavy atom. The average molecular weight is 310 g/mol. The van der Waals surface area contributed by atoms with Crippen LogP contribution in [0.2, 0.25) is 0 Å². The Labute approximate surface area is 135 Å². The van der Waals surface area contributed by atoms with Crippen LogP contribution in [0.3, 0.4) is 0 Å². The molecule has 0 spiro atoms. The Morgan fingerprint density at radius 2 is 1.91 bits per heavy atom. The lowest BCUT2D eigenvalue weighted by molar-refractivity contribution is 0.0947. The van der Waals surface area contributed by atoms with Crippen molar-refractivity contribution in [1.29, 1.82) is 0 Å². The molecule has 0 aliphatic carbocycles. The molecule has 4 rings (SSSR count). The van der Waals surface area contributed by atoms with E-state index in [1.54, 1.807) is 6.07 Å². The molecule has 1 saturated heterocycles. The second-order valence-corrected chi connectivity index (χ2v) is 6.46. The fourth-order valence-corrected chi connectivity index (χ4v) is 3.89. The summed E-state index contributed by atoms with van der Waals surface area (Å²) >= 11 is 0. The maximum atomic E-state index is 14.1. The zero-order valence-corrected chi connectivity index (χ0v) is 12.8. The molecule has 2 aromatic carbocycles. The minimum absolute atomic E-state index is 0.211. The van der Waals surface area contributed by atoms with Crippen molar-refractivity contribution in [3.8, 4) is 0 Å². The summed E-state index contributed by atoms with van der Waals surface area (Å²) in [7, 11) is 0. The number of nitrogens with one attached hydrogen (secondary N) is 1. The first-order valence-corrected chi connectivity index (χ1v) is 8.05. The summed E-state index contributed by atoms with van der Waals surface area (Å²) in [6, 6.07) is 15.4. The normalized spacial score (nSPS) is 23.8. The van der Waals surface area contributed by atoms with Crippen molar-refractivity contribution in [3.05, 3.63) is 71.0 Å². The third-order valence-corrected chi connectivity index (χ3v) is 4.96. The number of carbonyl (C=O) groups excluding carboxylic acids is 1. The number of amides is 1. The summed E-state index contributed by atoms with van der Waals surface area (Å²) in [6.07, 6.45) is 0. The second kappa shape index (κ2) is 5.78. The van der Waals surface area contributed by atoms with Crippen LogP contribution >= 0.6 is 0 Å². The summed E-state index contributed by atoms with van der Waals surface area (Å²) < 4.78 is 14.1. The Hall–Kier alpha value is -2.20. The van der Waals surface area contributed by atoms with Crippen molar-refractivity contribution in [3.63, 3.8) is 0 Å². The molecule has 0 saturated carbocycles. The number of benzene rings is 2. The standard InChI is InChI=1S/C19H19FN2O/c20-17-8-4-7-15-16-12-22(10-13-5-2-1-3-6-13)11-14(16)9-21-19(23)18(15)17/h1-8,14,16H,9-12H2,(H,21,23)/t14-,16?/m0/s1. The van der Waals surface area contributed by atoms with Crippen LogP contribution in [0.5, 0.6) is 0 Å². The van der Waals surface area contributed by atoms with Gasteiger partial charge >= 0.3 is 0 Å². The maximum Gasteiger partial charge on any atom is 0.254 e. The molecule has 2 aliphatic rings. The molecule has 4 heteroatoms. The van der Waals surface area contributed by atoms with E-state index in [0.29, 0.717) is 12.5 Å². The molecule has 2 heterocycles. The van der Waals surface area contributed by atoms with E-state index in [-0.39, 0.29) is 17.4 Å². The lowest BCUT2D eigenvalue weighted by Crippen LogP contribution is -2.30. The van der Waals surface area contributed by atoms with Crippen LogP contribution in [0.25, 0.3) is 0 Å². The van der Waals surface area contributed by atoms with Gasteiger partial charge in [0, 0.05) is 32.1 Å². The number of hydrogen-bond acceptors (Lipinski definition) is 2. The maximum absolute atomic E-state index is 14.1. The first-order chi connectivity index (χ1) is 11.2. The number of likely N-dealkylation sites (tertiary alicyclic amines) is 1. The van der Waals surface area contributed by atoms with Crippen molar-refractivity contribution in [2.45, 2.75) is 12.5 Å². The second-order valence-electron chi connectivity index (χ2n) is 6.46. The Morgan fingerprint density at radius 1 is 1.09 bits per heavy atom. The zero-order valence-electron chi connectivity index (χ0n) is 12.8. The van der Waals surface area contributed by atoms with Gasteiger partial charge in [0.1, 0.15) is 5.82 Å². The van der Waals surface area contributed by atoms with Crippen LogP contribution in [-0.2, 0) is 6.54 Å². The first-order valence-electron chi connectivity index (χ1n) is 8.05. The first kappa shape index (κ1) is 14.4. The SMILES string of the molecule is O=C1NC[C@H]2CN(Cc3ccccc3)CC2c2cccc(F)c21. The molecule has 23 heavy (non-hydrogen) atoms. The van der Waals surface area contributed by atoms with Gasteiger partial charge in [-0.25, -0.2) is 4.39 Å². The lowest BCUT2D eigenvalue weighted by atomic mass is 9.87. The summed E-state index contributed by atoms with van der Waals surface area (Å²) in [5.41, 5.74) is 2.38. The van der Waals surface area contributed by atoms with Crippen LogP contribution in [0, 0.1) is 11.7 Å². The van der Waals surface area contributed by atoms with Gasteiger partial charge in [0.15, 0.2) is 0 Å². The third-order valence-electron chi connectivity index (χ3n) is 4.96. The van der Waals surface area contributed by atoms with Gasteiger partial charge in [0.25, 0.3) is 5.91 Å². The molecule has 0 bridgehead atoms. The number of nitrogens with zero attached hydrogens (tertiary/aromatic N) is 1. The van der Waals surface area contributed by atoms with Gasteiger partial charge in [-0.2, -0.15) is 0 Å². The molecule has 2 aliphatic heterocycles. The molecule has 2 atom stereocenters. The fraction of sp³-hybridized carbons (Fsp3) is 0.316. The molecular weight excluding hydrogens is 291 g/mol. The molecule has 0 radical (unpaired) electrons. The van der Waals surface area contributed by atoms with Crippen molar-refractivity contribution >= 4 is 5.91 Å². The number of hydrogen-bond donors (Lipinski definition) is 1. The van der Waals surface area contributed by atoms with Gasteiger partial charge < -0.3 is 5.32 Å². The van der Waals surface area contributed by atoms with Crippen LogP contribution < -0.4 is 5.32 Å². The number of carbonyl (C=O) groups is 1. The Balaban J connectivity index is 1.62. The van der Waals surface area contributed by atoms with E-state index < -0.39 is 5.82 Å². The highest BCUT2D eigenvalue weighted by Crippen LogP contribution is 2.37. The summed E-state index contributed by atoms with van der Waals surface area (Å²) in [4.78, 5) is 14.6. The van der Waals surface area contributed by atoms with Crippen LogP contribution in [-0.4, -0.2) is 30.4 Å². The molecule has 1 N–H and O–H groups in total. The Bertz CT molecular complexity index is 731. The number of rotatable bonds is 2. The number of halogens is 1. The highest BCUT2D eigenvalue weighted by atomic mass is 19.1. The van der Waals surface area contributed by atoms with Gasteiger partial charge in [0.2, 0.25) is 0 Å². The van der Waals surface area contributed by atoms with Crippen molar-refractivity contribution in [2.24, 2.45) is 5.92 Å². The van der Waals surface area contributed by atoms with E-state index >= 15 is 0 Å². The van der Waals surface area contributed by atoms with E-state index in [4.69, 9.17) is 0 Å². The molecule has 1 unspecified atom stereocenters. The highest BCUT2D eigenvalue weighted by molar-refractivity contribution is 5.96. The summed E-state index contributed by atoms with van der Waals surface area (Å²) in [5, 5.41) is 2.89. The lowest BCUT2D eigenvalue weighted by Gasteiger charge is -2.17. The van der Waals surface area contributed by atoms with E-state index in [9.17, 15) is 9.18 Å². The third kappa shape index (κ3) is 2.63. The van der Waals surface area contributed by atoms with E-state index in [1.807, 2.05) is 24.3 Å². The van der Waals surface area contributed by atoms with Crippen LogP contribution in [0.15, 0.2) is 48.5 Å². The summed E-state index contributed by atoms with van der Waals surface area (Å²) in [6.45, 7) is 3.30. The largest absolute Gasteiger partial charge is 0.352 e. The molecule has 1 fully saturated rings. The summed E-state index contributed by atoms with van der Waals surface area (Å²) in [5.74, 6) is -0.140. The topological polar surface area (TPSA) is 32.3 Å². The predicted octanol–water partition coefficient (Wildman–Crippen LogP) is 2.78. The van der Waals surface area contributed by atoms with E-state index in [2.05, 4.69) is 22.3 Å². The molecule has 118 valence electrons. The van der Waals surface area contributed by atoms with Crippen LogP contribution in [0.1, 0.15) is 27.4 Å². The van der Waals surface area contributed by atoms with Crippen LogP contribution in [0.4, 0.5) is 4.39 Å². The molecule has 3 nitrogen and oxygen atoms in total. The zero-order chi connectivity index (χ0) is 15.8. The number of fused-ring (bicyclic) bond motifs is 3. The van der Waals surface area contributed by atoms with Gasteiger partial charge in [0.05, 0.1) is 5.56 Å². The van der Waals surface area contributed by atoms with Gasteiger partial charge in [-0.05, 0) is 23.1 Å². The van der Waals surface area contributed by atoms with Crippen molar-refractivity contribution < 1.29 is 9.18 Å². The predicted molar refractivity (Wildman–Crippen MR) is 86.7 cm³/mol.